The van der Waals surface area contributed by atoms with Crippen molar-refractivity contribution in [3.8, 4) is 0 Å². The Bertz CT molecular complexity index is 311. The molecule has 0 saturated carbocycles. The maximum atomic E-state index is 5.51. The van der Waals surface area contributed by atoms with E-state index >= 15 is 0 Å². The van der Waals surface area contributed by atoms with Gasteiger partial charge in [0, 0.05) is 19.2 Å². The zero-order chi connectivity index (χ0) is 12.2. The van der Waals surface area contributed by atoms with Gasteiger partial charge in [-0.1, -0.05) is 29.8 Å². The minimum absolute atomic E-state index is 0.125. The Morgan fingerprint density at radius 1 is 1.19 bits per heavy atom. The molecule has 2 nitrogen and oxygen atoms in total. The highest BCUT2D eigenvalue weighted by Crippen LogP contribution is 2.17. The van der Waals surface area contributed by atoms with Gasteiger partial charge in [0.05, 0.1) is 6.10 Å². The van der Waals surface area contributed by atoms with Crippen LogP contribution in [-0.4, -0.2) is 19.2 Å². The van der Waals surface area contributed by atoms with E-state index in [4.69, 9.17) is 4.74 Å². The lowest BCUT2D eigenvalue weighted by Gasteiger charge is -2.25. The Balaban J connectivity index is 2.64. The van der Waals surface area contributed by atoms with Crippen LogP contribution in [0.3, 0.4) is 0 Å². The molecule has 16 heavy (non-hydrogen) atoms. The van der Waals surface area contributed by atoms with Crippen molar-refractivity contribution in [3.05, 3.63) is 35.4 Å². The molecule has 0 aliphatic rings. The Morgan fingerprint density at radius 3 is 2.19 bits per heavy atom. The molecule has 1 atom stereocenters. The predicted octanol–water partition coefficient (Wildman–Crippen LogP) is 3.07. The van der Waals surface area contributed by atoms with Crippen LogP contribution in [0, 0.1) is 6.92 Å². The molecular weight excluding hydrogens is 198 g/mol. The highest BCUT2D eigenvalue weighted by atomic mass is 16.5. The summed E-state index contributed by atoms with van der Waals surface area (Å²) in [6.07, 6.45) is 0.125. The van der Waals surface area contributed by atoms with Crippen LogP contribution < -0.4 is 5.32 Å². The number of hydrogen-bond donors (Lipinski definition) is 1. The fourth-order valence-corrected chi connectivity index (χ4v) is 1.52. The third-order valence-corrected chi connectivity index (χ3v) is 2.55. The van der Waals surface area contributed by atoms with E-state index in [2.05, 4.69) is 57.3 Å². The summed E-state index contributed by atoms with van der Waals surface area (Å²) in [5, 5.41) is 3.46. The average molecular weight is 221 g/mol. The molecule has 1 N–H and O–H groups in total. The number of hydrogen-bond acceptors (Lipinski definition) is 2. The third kappa shape index (κ3) is 4.33. The Kier molecular flexibility index (Phi) is 4.51. The van der Waals surface area contributed by atoms with Gasteiger partial charge in [-0.15, -0.1) is 0 Å². The molecule has 0 bridgehead atoms. The van der Waals surface area contributed by atoms with Crippen LogP contribution >= 0.6 is 0 Å². The number of methoxy groups -OCH3 is 1. The molecule has 0 spiro atoms. The van der Waals surface area contributed by atoms with Gasteiger partial charge in [-0.25, -0.2) is 0 Å². The zero-order valence-electron chi connectivity index (χ0n) is 11.0. The number of ether oxygens (including phenoxy) is 1. The monoisotopic (exact) mass is 221 g/mol. The average Bonchev–Trinajstić information content (AvgIpc) is 2.20. The lowest BCUT2D eigenvalue weighted by atomic mass is 10.0. The summed E-state index contributed by atoms with van der Waals surface area (Å²) in [4.78, 5) is 0. The molecule has 0 amide bonds. The molecule has 0 saturated heterocycles. The van der Waals surface area contributed by atoms with Gasteiger partial charge in [-0.2, -0.15) is 0 Å². The van der Waals surface area contributed by atoms with Gasteiger partial charge in [-0.05, 0) is 33.3 Å². The van der Waals surface area contributed by atoms with E-state index in [-0.39, 0.29) is 11.6 Å². The third-order valence-electron chi connectivity index (χ3n) is 2.55. The molecule has 1 unspecified atom stereocenters. The normalized spacial score (nSPS) is 13.8. The van der Waals surface area contributed by atoms with Crippen LogP contribution in [0.1, 0.15) is 38.0 Å². The van der Waals surface area contributed by atoms with Crippen LogP contribution in [0.5, 0.6) is 0 Å². The molecule has 1 aromatic carbocycles. The van der Waals surface area contributed by atoms with Crippen molar-refractivity contribution in [3.63, 3.8) is 0 Å². The Hall–Kier alpha value is -0.860. The van der Waals surface area contributed by atoms with Crippen molar-refractivity contribution in [2.75, 3.05) is 13.7 Å². The molecule has 0 aliphatic carbocycles. The molecule has 0 radical (unpaired) electrons. The Labute approximate surface area is 99.0 Å². The van der Waals surface area contributed by atoms with E-state index < -0.39 is 0 Å². The second-order valence-electron chi connectivity index (χ2n) is 5.27. The summed E-state index contributed by atoms with van der Waals surface area (Å²) >= 11 is 0. The standard InChI is InChI=1S/C14H23NO/c1-11-6-8-12(9-7-11)13(16-5)10-15-14(2,3)4/h6-9,13,15H,10H2,1-5H3. The summed E-state index contributed by atoms with van der Waals surface area (Å²) in [7, 11) is 1.76. The first kappa shape index (κ1) is 13.2. The minimum Gasteiger partial charge on any atom is -0.375 e. The highest BCUT2D eigenvalue weighted by molar-refractivity contribution is 5.23. The summed E-state index contributed by atoms with van der Waals surface area (Å²) < 4.78 is 5.51. The second-order valence-corrected chi connectivity index (χ2v) is 5.27. The quantitative estimate of drug-likeness (QED) is 0.843. The van der Waals surface area contributed by atoms with Gasteiger partial charge in [0.25, 0.3) is 0 Å². The summed E-state index contributed by atoms with van der Waals surface area (Å²) in [6, 6.07) is 8.51. The van der Waals surface area contributed by atoms with Crippen LogP contribution in [0.4, 0.5) is 0 Å². The molecule has 1 aromatic rings. The van der Waals surface area contributed by atoms with Crippen molar-refractivity contribution in [1.82, 2.24) is 5.32 Å². The second kappa shape index (κ2) is 5.46. The first-order valence-corrected chi connectivity index (χ1v) is 5.77. The molecule has 0 aliphatic heterocycles. The van der Waals surface area contributed by atoms with Gasteiger partial charge in [0.1, 0.15) is 0 Å². The van der Waals surface area contributed by atoms with E-state index in [9.17, 15) is 0 Å². The molecule has 1 rings (SSSR count). The molecule has 0 aromatic heterocycles. The zero-order valence-corrected chi connectivity index (χ0v) is 11.0. The van der Waals surface area contributed by atoms with Gasteiger partial charge in [0.2, 0.25) is 0 Å². The lowest BCUT2D eigenvalue weighted by molar-refractivity contribution is 0.0959. The number of nitrogens with one attached hydrogen (secondary N) is 1. The maximum absolute atomic E-state index is 5.51. The van der Waals surface area contributed by atoms with Crippen LogP contribution in [0.15, 0.2) is 24.3 Å². The predicted molar refractivity (Wildman–Crippen MR) is 68.7 cm³/mol. The largest absolute Gasteiger partial charge is 0.375 e. The van der Waals surface area contributed by atoms with Crippen molar-refractivity contribution >= 4 is 0 Å². The topological polar surface area (TPSA) is 21.3 Å². The summed E-state index contributed by atoms with van der Waals surface area (Å²) in [5.74, 6) is 0. The van der Waals surface area contributed by atoms with Gasteiger partial charge >= 0.3 is 0 Å². The van der Waals surface area contributed by atoms with E-state index in [0.717, 1.165) is 6.54 Å². The first-order valence-electron chi connectivity index (χ1n) is 5.77. The van der Waals surface area contributed by atoms with Crippen LogP contribution in [0.2, 0.25) is 0 Å². The minimum atomic E-state index is 0.125. The number of aryl methyl sites for hydroxylation is 1. The van der Waals surface area contributed by atoms with E-state index in [1.54, 1.807) is 7.11 Å². The van der Waals surface area contributed by atoms with E-state index in [1.165, 1.54) is 11.1 Å². The van der Waals surface area contributed by atoms with Crippen molar-refractivity contribution in [2.24, 2.45) is 0 Å². The maximum Gasteiger partial charge on any atom is 0.0945 e. The fourth-order valence-electron chi connectivity index (χ4n) is 1.52. The highest BCUT2D eigenvalue weighted by Gasteiger charge is 2.14. The smallest absolute Gasteiger partial charge is 0.0945 e. The fraction of sp³-hybridized carbons (Fsp3) is 0.571. The number of benzene rings is 1. The van der Waals surface area contributed by atoms with Crippen molar-refractivity contribution < 1.29 is 4.74 Å². The van der Waals surface area contributed by atoms with Crippen molar-refractivity contribution in [2.45, 2.75) is 39.3 Å². The number of rotatable bonds is 4. The molecule has 0 heterocycles. The van der Waals surface area contributed by atoms with Gasteiger partial charge < -0.3 is 10.1 Å². The lowest BCUT2D eigenvalue weighted by Crippen LogP contribution is -2.38. The van der Waals surface area contributed by atoms with E-state index in [0.29, 0.717) is 0 Å². The van der Waals surface area contributed by atoms with Gasteiger partial charge in [-0.3, -0.25) is 0 Å². The summed E-state index contributed by atoms with van der Waals surface area (Å²) in [5.41, 5.74) is 2.63. The summed E-state index contributed by atoms with van der Waals surface area (Å²) in [6.45, 7) is 9.42. The van der Waals surface area contributed by atoms with E-state index in [1.807, 2.05) is 0 Å². The molecular formula is C14H23NO. The van der Waals surface area contributed by atoms with Crippen LogP contribution in [-0.2, 0) is 4.74 Å². The van der Waals surface area contributed by atoms with Crippen molar-refractivity contribution in [1.29, 1.82) is 0 Å². The van der Waals surface area contributed by atoms with Crippen LogP contribution in [0.25, 0.3) is 0 Å². The van der Waals surface area contributed by atoms with Gasteiger partial charge in [0.15, 0.2) is 0 Å². The molecule has 90 valence electrons. The Morgan fingerprint density at radius 2 is 1.75 bits per heavy atom. The molecule has 2 heteroatoms. The SMILES string of the molecule is COC(CNC(C)(C)C)c1ccc(C)cc1. The first-order chi connectivity index (χ1) is 7.42. The molecule has 0 fully saturated rings.